The molecule has 0 aromatic carbocycles. The van der Waals surface area contributed by atoms with E-state index in [0.29, 0.717) is 0 Å². The van der Waals surface area contributed by atoms with Gasteiger partial charge in [0, 0.05) is 0 Å². The minimum atomic E-state index is -6.34. The van der Waals surface area contributed by atoms with E-state index in [9.17, 15) is 57.5 Å². The van der Waals surface area contributed by atoms with Crippen LogP contribution in [-0.2, 0) is 33.9 Å². The molecule has 0 rings (SSSR count). The molecule has 1 N–H and O–H groups in total. The standard InChI is InChI=1S/C11H9F9O8S/c1-5(12)6(21)28-10(11(18,19)20,7(22)26-4-8(13,14)15)27-3-2-9(16,17)29(23,24)25/h1-4H2,(H,23,24,25). The van der Waals surface area contributed by atoms with Gasteiger partial charge in [0.1, 0.15) is 0 Å². The summed E-state index contributed by atoms with van der Waals surface area (Å²) in [5, 5.41) is -5.14. The molecule has 18 heteroatoms. The smallest absolute Gasteiger partial charge is 0.451 e. The lowest BCUT2D eigenvalue weighted by Crippen LogP contribution is -2.59. The van der Waals surface area contributed by atoms with E-state index in [1.807, 2.05) is 0 Å². The molecule has 0 fully saturated rings. The minimum absolute atomic E-state index is 2.17. The SMILES string of the molecule is C=C(F)C(=O)OC(OCCC(F)(F)S(=O)(=O)O)(C(=O)OCC(F)(F)F)C(F)(F)F. The second-order valence-corrected chi connectivity index (χ2v) is 6.36. The van der Waals surface area contributed by atoms with Crippen molar-refractivity contribution in [1.82, 2.24) is 0 Å². The van der Waals surface area contributed by atoms with Crippen LogP contribution in [0.4, 0.5) is 39.5 Å². The first kappa shape index (κ1) is 26.9. The Morgan fingerprint density at radius 1 is 1.00 bits per heavy atom. The topological polar surface area (TPSA) is 116 Å². The number of hydrogen-bond donors (Lipinski definition) is 1. The fourth-order valence-corrected chi connectivity index (χ4v) is 1.60. The number of hydrogen-bond acceptors (Lipinski definition) is 7. The van der Waals surface area contributed by atoms with Gasteiger partial charge in [-0.15, -0.1) is 0 Å². The predicted octanol–water partition coefficient (Wildman–Crippen LogP) is 2.26. The lowest BCUT2D eigenvalue weighted by Gasteiger charge is -2.32. The van der Waals surface area contributed by atoms with Crippen LogP contribution in [0.15, 0.2) is 12.4 Å². The van der Waals surface area contributed by atoms with Crippen molar-refractivity contribution in [3.63, 3.8) is 0 Å². The Kier molecular flexibility index (Phi) is 8.11. The third-order valence-corrected chi connectivity index (χ3v) is 3.50. The van der Waals surface area contributed by atoms with Crippen LogP contribution in [0, 0.1) is 0 Å². The lowest BCUT2D eigenvalue weighted by atomic mass is 10.2. The summed E-state index contributed by atoms with van der Waals surface area (Å²) in [6.07, 6.45) is -14.0. The van der Waals surface area contributed by atoms with Crippen LogP contribution >= 0.6 is 0 Å². The van der Waals surface area contributed by atoms with E-state index in [2.05, 4.69) is 20.8 Å². The summed E-state index contributed by atoms with van der Waals surface area (Å²) in [6, 6.07) is 0. The van der Waals surface area contributed by atoms with E-state index in [1.54, 1.807) is 0 Å². The summed E-state index contributed by atoms with van der Waals surface area (Å²) in [7, 11) is -6.18. The van der Waals surface area contributed by atoms with Crippen molar-refractivity contribution in [2.24, 2.45) is 0 Å². The van der Waals surface area contributed by atoms with Crippen LogP contribution in [0.2, 0.25) is 0 Å². The second-order valence-electron chi connectivity index (χ2n) is 4.81. The van der Waals surface area contributed by atoms with Crippen LogP contribution in [0.1, 0.15) is 6.42 Å². The maximum atomic E-state index is 13.2. The largest absolute Gasteiger partial charge is 0.468 e. The zero-order valence-electron chi connectivity index (χ0n) is 13.4. The van der Waals surface area contributed by atoms with Crippen molar-refractivity contribution in [1.29, 1.82) is 0 Å². The number of esters is 2. The number of rotatable bonds is 9. The molecule has 0 bridgehead atoms. The summed E-state index contributed by atoms with van der Waals surface area (Å²) in [5.74, 6) is -13.4. The van der Waals surface area contributed by atoms with Gasteiger partial charge in [-0.1, -0.05) is 6.58 Å². The van der Waals surface area contributed by atoms with Crippen molar-refractivity contribution in [2.45, 2.75) is 29.8 Å². The first-order valence-electron chi connectivity index (χ1n) is 6.53. The Morgan fingerprint density at radius 2 is 1.48 bits per heavy atom. The molecule has 0 aliphatic carbocycles. The van der Waals surface area contributed by atoms with E-state index in [4.69, 9.17) is 4.55 Å². The molecule has 0 amide bonds. The van der Waals surface area contributed by atoms with Gasteiger partial charge in [0.15, 0.2) is 6.61 Å². The van der Waals surface area contributed by atoms with Gasteiger partial charge in [0.25, 0.3) is 0 Å². The monoisotopic (exact) mass is 472 g/mol. The lowest BCUT2D eigenvalue weighted by molar-refractivity contribution is -0.357. The normalized spacial score (nSPS) is 15.4. The summed E-state index contributed by atoms with van der Waals surface area (Å²) < 4.78 is 154. The molecule has 0 heterocycles. The number of ether oxygens (including phenoxy) is 3. The van der Waals surface area contributed by atoms with E-state index < -0.39 is 70.9 Å². The van der Waals surface area contributed by atoms with Crippen LogP contribution in [0.25, 0.3) is 0 Å². The van der Waals surface area contributed by atoms with Gasteiger partial charge < -0.3 is 14.2 Å². The van der Waals surface area contributed by atoms with Gasteiger partial charge in [-0.2, -0.15) is 47.9 Å². The van der Waals surface area contributed by atoms with Crippen LogP contribution in [-0.4, -0.2) is 61.5 Å². The fourth-order valence-electron chi connectivity index (χ4n) is 1.26. The molecule has 8 nitrogen and oxygen atoms in total. The number of carbonyl (C=O) groups excluding carboxylic acids is 2. The summed E-state index contributed by atoms with van der Waals surface area (Å²) in [6.45, 7) is -2.67. The first-order valence-corrected chi connectivity index (χ1v) is 7.97. The molecule has 0 saturated heterocycles. The molecule has 0 saturated carbocycles. The Morgan fingerprint density at radius 3 is 1.83 bits per heavy atom. The summed E-state index contributed by atoms with van der Waals surface area (Å²) in [4.78, 5) is 22.6. The van der Waals surface area contributed by atoms with Gasteiger partial charge in [0.05, 0.1) is 13.0 Å². The molecule has 0 spiro atoms. The summed E-state index contributed by atoms with van der Waals surface area (Å²) >= 11 is 0. The van der Waals surface area contributed by atoms with E-state index in [-0.39, 0.29) is 0 Å². The molecule has 170 valence electrons. The van der Waals surface area contributed by atoms with Crippen molar-refractivity contribution in [2.75, 3.05) is 13.2 Å². The van der Waals surface area contributed by atoms with Crippen molar-refractivity contribution in [3.8, 4) is 0 Å². The highest BCUT2D eigenvalue weighted by molar-refractivity contribution is 7.86. The Hall–Kier alpha value is -2.08. The van der Waals surface area contributed by atoms with E-state index in [0.717, 1.165) is 0 Å². The molecule has 0 aliphatic rings. The highest BCUT2D eigenvalue weighted by atomic mass is 32.2. The molecular weight excluding hydrogens is 463 g/mol. The molecule has 0 aliphatic heterocycles. The number of alkyl halides is 8. The zero-order valence-corrected chi connectivity index (χ0v) is 14.3. The maximum absolute atomic E-state index is 13.2. The molecule has 1 atom stereocenters. The molecule has 0 aromatic rings. The molecule has 0 aromatic heterocycles. The van der Waals surface area contributed by atoms with Crippen molar-refractivity contribution >= 4 is 22.1 Å². The van der Waals surface area contributed by atoms with Crippen LogP contribution < -0.4 is 0 Å². The second kappa shape index (κ2) is 8.74. The quantitative estimate of drug-likeness (QED) is 0.179. The first-order chi connectivity index (χ1) is 12.7. The third-order valence-electron chi connectivity index (χ3n) is 2.54. The van der Waals surface area contributed by atoms with E-state index in [1.165, 1.54) is 0 Å². The zero-order chi connectivity index (χ0) is 23.5. The van der Waals surface area contributed by atoms with Crippen molar-refractivity contribution < 1.29 is 76.3 Å². The van der Waals surface area contributed by atoms with Gasteiger partial charge >= 0.3 is 45.5 Å². The van der Waals surface area contributed by atoms with E-state index >= 15 is 0 Å². The Labute approximate surface area is 154 Å². The molecule has 1 unspecified atom stereocenters. The average molecular weight is 472 g/mol. The third kappa shape index (κ3) is 7.35. The average Bonchev–Trinajstić information content (AvgIpc) is 2.47. The Bertz CT molecular complexity index is 742. The summed E-state index contributed by atoms with van der Waals surface area (Å²) in [5.41, 5.74) is 0. The highest BCUT2D eigenvalue weighted by Crippen LogP contribution is 2.38. The van der Waals surface area contributed by atoms with Gasteiger partial charge in [0.2, 0.25) is 5.83 Å². The number of carbonyl (C=O) groups is 2. The van der Waals surface area contributed by atoms with Crippen LogP contribution in [0.3, 0.4) is 0 Å². The van der Waals surface area contributed by atoms with Gasteiger partial charge in [-0.25, -0.2) is 9.59 Å². The molecule has 0 radical (unpaired) electrons. The highest BCUT2D eigenvalue weighted by Gasteiger charge is 2.68. The van der Waals surface area contributed by atoms with Gasteiger partial charge in [-0.05, 0) is 0 Å². The molecular formula is C11H9F9O8S. The van der Waals surface area contributed by atoms with Crippen molar-refractivity contribution in [3.05, 3.63) is 12.4 Å². The van der Waals surface area contributed by atoms with Gasteiger partial charge in [-0.3, -0.25) is 4.55 Å². The predicted molar refractivity (Wildman–Crippen MR) is 69.2 cm³/mol. The Balaban J connectivity index is 5.95. The minimum Gasteiger partial charge on any atom is -0.451 e. The van der Waals surface area contributed by atoms with Crippen LogP contribution in [0.5, 0.6) is 0 Å². The molecule has 29 heavy (non-hydrogen) atoms. The fraction of sp³-hybridized carbons (Fsp3) is 0.636. The maximum Gasteiger partial charge on any atom is 0.468 e. The number of halogens is 9.